The van der Waals surface area contributed by atoms with Crippen molar-refractivity contribution in [2.75, 3.05) is 11.9 Å². The van der Waals surface area contributed by atoms with Gasteiger partial charge in [-0.15, -0.1) is 0 Å². The number of imide groups is 1. The topological polar surface area (TPSA) is 105 Å². The smallest absolute Gasteiger partial charge is 0.327 e. The molecular formula is C20H26FN3O5. The molecule has 0 aliphatic carbocycles. The summed E-state index contributed by atoms with van der Waals surface area (Å²) in [5, 5.41) is 5.13. The molecular weight excluding hydrogens is 381 g/mol. The van der Waals surface area contributed by atoms with Gasteiger partial charge in [0.1, 0.15) is 17.9 Å². The van der Waals surface area contributed by atoms with Gasteiger partial charge in [-0.25, -0.2) is 9.18 Å². The molecule has 29 heavy (non-hydrogen) atoms. The summed E-state index contributed by atoms with van der Waals surface area (Å²) < 4.78 is 18.2. The summed E-state index contributed by atoms with van der Waals surface area (Å²) in [6, 6.07) is 4.63. The molecule has 1 atom stereocenters. The molecule has 0 unspecified atom stereocenters. The summed E-state index contributed by atoms with van der Waals surface area (Å²) in [4.78, 5) is 50.2. The van der Waals surface area contributed by atoms with Crippen molar-refractivity contribution >= 4 is 29.5 Å². The Morgan fingerprint density at radius 3 is 2.48 bits per heavy atom. The first-order chi connectivity index (χ1) is 13.7. The van der Waals surface area contributed by atoms with Crippen molar-refractivity contribution in [2.24, 2.45) is 0 Å². The zero-order valence-corrected chi connectivity index (χ0v) is 16.8. The maximum Gasteiger partial charge on any atom is 0.327 e. The summed E-state index contributed by atoms with van der Waals surface area (Å²) in [5.74, 6) is -2.53. The Morgan fingerprint density at radius 1 is 1.24 bits per heavy atom. The van der Waals surface area contributed by atoms with E-state index < -0.39 is 47.8 Å². The number of hydrogen-bond acceptors (Lipinski definition) is 5. The molecule has 1 aromatic rings. The number of carbonyl (C=O) groups is 4. The van der Waals surface area contributed by atoms with Crippen molar-refractivity contribution in [2.45, 2.75) is 58.1 Å². The van der Waals surface area contributed by atoms with Gasteiger partial charge in [0, 0.05) is 5.69 Å². The van der Waals surface area contributed by atoms with Crippen LogP contribution in [0.5, 0.6) is 0 Å². The van der Waals surface area contributed by atoms with Crippen LogP contribution in [0.3, 0.4) is 0 Å². The van der Waals surface area contributed by atoms with E-state index in [1.807, 2.05) is 13.8 Å². The van der Waals surface area contributed by atoms with Crippen LogP contribution in [0.4, 0.5) is 14.9 Å². The molecule has 1 aromatic carbocycles. The van der Waals surface area contributed by atoms with Gasteiger partial charge in [0.15, 0.2) is 6.10 Å². The van der Waals surface area contributed by atoms with Crippen LogP contribution in [-0.4, -0.2) is 46.9 Å². The lowest BCUT2D eigenvalue weighted by Gasteiger charge is -2.25. The van der Waals surface area contributed by atoms with Crippen molar-refractivity contribution in [1.29, 1.82) is 0 Å². The van der Waals surface area contributed by atoms with Crippen LogP contribution in [0.25, 0.3) is 0 Å². The third-order valence-electron chi connectivity index (χ3n) is 4.66. The predicted octanol–water partition coefficient (Wildman–Crippen LogP) is 2.59. The van der Waals surface area contributed by atoms with Gasteiger partial charge in [-0.2, -0.15) is 0 Å². The number of anilines is 1. The van der Waals surface area contributed by atoms with Gasteiger partial charge in [-0.05, 0) is 38.0 Å². The Balaban J connectivity index is 1.96. The summed E-state index contributed by atoms with van der Waals surface area (Å²) in [7, 11) is 0. The lowest BCUT2D eigenvalue weighted by Crippen LogP contribution is -2.47. The summed E-state index contributed by atoms with van der Waals surface area (Å²) >= 11 is 0. The van der Waals surface area contributed by atoms with Gasteiger partial charge in [0.05, 0.1) is 0 Å². The van der Waals surface area contributed by atoms with Crippen LogP contribution in [0.2, 0.25) is 0 Å². The van der Waals surface area contributed by atoms with Gasteiger partial charge in [-0.1, -0.05) is 32.8 Å². The minimum atomic E-state index is -1.19. The highest BCUT2D eigenvalue weighted by molar-refractivity contribution is 6.08. The first-order valence-electron chi connectivity index (χ1n) is 9.62. The van der Waals surface area contributed by atoms with E-state index in [0.717, 1.165) is 11.0 Å². The third-order valence-corrected chi connectivity index (χ3v) is 4.66. The lowest BCUT2D eigenvalue weighted by molar-refractivity contribution is -0.155. The molecule has 2 rings (SSSR count). The number of rotatable bonds is 9. The number of nitrogens with zero attached hydrogens (tertiary/aromatic N) is 1. The summed E-state index contributed by atoms with van der Waals surface area (Å²) in [5.41, 5.74) is -0.780. The van der Waals surface area contributed by atoms with Crippen LogP contribution in [0.15, 0.2) is 24.3 Å². The van der Waals surface area contributed by atoms with Crippen molar-refractivity contribution < 1.29 is 28.3 Å². The Kier molecular flexibility index (Phi) is 7.30. The monoisotopic (exact) mass is 407 g/mol. The van der Waals surface area contributed by atoms with Gasteiger partial charge in [-0.3, -0.25) is 19.3 Å². The fourth-order valence-electron chi connectivity index (χ4n) is 3.36. The van der Waals surface area contributed by atoms with Gasteiger partial charge in [0.25, 0.3) is 11.8 Å². The highest BCUT2D eigenvalue weighted by atomic mass is 19.1. The molecule has 158 valence electrons. The summed E-state index contributed by atoms with van der Waals surface area (Å²) in [6.45, 7) is 4.58. The van der Waals surface area contributed by atoms with E-state index in [-0.39, 0.29) is 5.69 Å². The molecule has 0 bridgehead atoms. The average molecular weight is 407 g/mol. The van der Waals surface area contributed by atoms with Crippen molar-refractivity contribution in [3.8, 4) is 0 Å². The zero-order valence-electron chi connectivity index (χ0n) is 16.8. The molecule has 0 aromatic heterocycles. The van der Waals surface area contributed by atoms with E-state index in [9.17, 15) is 23.6 Å². The SMILES string of the molecule is CCCC1(CCC)NC(=O)N(CC(=O)O[C@@H](C)C(=O)Nc2cccc(F)c2)C1=O. The molecule has 0 saturated carbocycles. The molecule has 0 radical (unpaired) electrons. The molecule has 4 amide bonds. The Bertz CT molecular complexity index is 792. The maximum atomic E-state index is 13.2. The first-order valence-corrected chi connectivity index (χ1v) is 9.62. The van der Waals surface area contributed by atoms with Gasteiger partial charge in [0.2, 0.25) is 0 Å². The largest absolute Gasteiger partial charge is 0.451 e. The minimum Gasteiger partial charge on any atom is -0.451 e. The highest BCUT2D eigenvalue weighted by Gasteiger charge is 2.50. The van der Waals surface area contributed by atoms with Crippen LogP contribution in [0, 0.1) is 5.82 Å². The summed E-state index contributed by atoms with van der Waals surface area (Å²) in [6.07, 6.45) is 1.15. The minimum absolute atomic E-state index is 0.218. The molecule has 9 heteroatoms. The van der Waals surface area contributed by atoms with Crippen molar-refractivity contribution in [3.05, 3.63) is 30.1 Å². The molecule has 0 spiro atoms. The number of urea groups is 1. The third kappa shape index (κ3) is 5.30. The van der Waals surface area contributed by atoms with Crippen LogP contribution < -0.4 is 10.6 Å². The van der Waals surface area contributed by atoms with Crippen molar-refractivity contribution in [3.63, 3.8) is 0 Å². The Morgan fingerprint density at radius 2 is 1.90 bits per heavy atom. The molecule has 1 heterocycles. The van der Waals surface area contributed by atoms with E-state index in [1.165, 1.54) is 25.1 Å². The number of ether oxygens (including phenoxy) is 1. The first kappa shape index (κ1) is 22.3. The number of hydrogen-bond donors (Lipinski definition) is 2. The number of halogens is 1. The van der Waals surface area contributed by atoms with E-state index in [2.05, 4.69) is 10.6 Å². The van der Waals surface area contributed by atoms with Crippen LogP contribution in [0.1, 0.15) is 46.5 Å². The van der Waals surface area contributed by atoms with E-state index >= 15 is 0 Å². The van der Waals surface area contributed by atoms with E-state index in [4.69, 9.17) is 4.74 Å². The lowest BCUT2D eigenvalue weighted by atomic mass is 9.88. The van der Waals surface area contributed by atoms with Crippen molar-refractivity contribution in [1.82, 2.24) is 10.2 Å². The van der Waals surface area contributed by atoms with E-state index in [1.54, 1.807) is 0 Å². The second-order valence-corrected chi connectivity index (χ2v) is 7.04. The molecule has 1 aliphatic heterocycles. The molecule has 1 aliphatic rings. The molecule has 8 nitrogen and oxygen atoms in total. The second kappa shape index (κ2) is 9.49. The normalized spacial score (nSPS) is 16.3. The van der Waals surface area contributed by atoms with Gasteiger partial charge >= 0.3 is 12.0 Å². The molecule has 1 fully saturated rings. The number of benzene rings is 1. The predicted molar refractivity (Wildman–Crippen MR) is 103 cm³/mol. The Hall–Kier alpha value is -2.97. The number of esters is 1. The second-order valence-electron chi connectivity index (χ2n) is 7.04. The zero-order chi connectivity index (χ0) is 21.6. The molecule has 2 N–H and O–H groups in total. The van der Waals surface area contributed by atoms with Crippen LogP contribution >= 0.6 is 0 Å². The average Bonchev–Trinajstić information content (AvgIpc) is 2.86. The number of carbonyl (C=O) groups excluding carboxylic acids is 4. The standard InChI is InChI=1S/C20H26FN3O5/c1-4-9-20(10-5-2)18(27)24(19(28)23-20)12-16(25)29-13(3)17(26)22-15-8-6-7-14(21)11-15/h6-8,11,13H,4-5,9-10,12H2,1-3H3,(H,22,26)(H,23,28)/t13-/m0/s1. The number of nitrogens with one attached hydrogen (secondary N) is 2. The van der Waals surface area contributed by atoms with E-state index in [0.29, 0.717) is 25.7 Å². The fourth-order valence-corrected chi connectivity index (χ4v) is 3.36. The maximum absolute atomic E-state index is 13.2. The molecule has 1 saturated heterocycles. The fraction of sp³-hybridized carbons (Fsp3) is 0.500. The highest BCUT2D eigenvalue weighted by Crippen LogP contribution is 2.28. The quantitative estimate of drug-likeness (QED) is 0.484. The van der Waals surface area contributed by atoms with Crippen LogP contribution in [-0.2, 0) is 19.1 Å². The Labute approximate surface area is 168 Å². The number of amides is 4. The van der Waals surface area contributed by atoms with Gasteiger partial charge < -0.3 is 15.4 Å².